The molecule has 0 aliphatic heterocycles. The molecule has 19 heavy (non-hydrogen) atoms. The van der Waals surface area contributed by atoms with Crippen molar-refractivity contribution >= 4 is 39.0 Å². The quantitative estimate of drug-likeness (QED) is 0.719. The molecule has 2 N–H and O–H groups in total. The number of anilines is 1. The molecule has 0 fully saturated rings. The minimum atomic E-state index is 0.596. The summed E-state index contributed by atoms with van der Waals surface area (Å²) >= 11 is 9.69. The fraction of sp³-hybridized carbons (Fsp3) is 0.0714. The zero-order valence-corrected chi connectivity index (χ0v) is 12.5. The number of pyridine rings is 1. The van der Waals surface area contributed by atoms with Gasteiger partial charge in [-0.1, -0.05) is 33.6 Å². The standard InChI is InChI=1S/C14H11BrClN3/c1-8-3-2-6-19-13(17)12(18-14(8)19)10-7-9(15)4-5-11(10)16/h2-7H,17H2,1H3. The molecule has 0 aliphatic rings. The highest BCUT2D eigenvalue weighted by molar-refractivity contribution is 9.10. The van der Waals surface area contributed by atoms with Crippen LogP contribution in [-0.4, -0.2) is 9.38 Å². The van der Waals surface area contributed by atoms with Gasteiger partial charge in [-0.05, 0) is 36.8 Å². The summed E-state index contributed by atoms with van der Waals surface area (Å²) in [5, 5.41) is 0.635. The van der Waals surface area contributed by atoms with Crippen LogP contribution in [0.1, 0.15) is 5.56 Å². The summed E-state index contributed by atoms with van der Waals surface area (Å²) in [6.45, 7) is 2.01. The summed E-state index contributed by atoms with van der Waals surface area (Å²) in [6, 6.07) is 9.61. The highest BCUT2D eigenvalue weighted by Crippen LogP contribution is 2.34. The SMILES string of the molecule is Cc1cccn2c(N)c(-c3cc(Br)ccc3Cl)nc12. The third-order valence-electron chi connectivity index (χ3n) is 3.07. The number of hydrogen-bond donors (Lipinski definition) is 1. The number of aryl methyl sites for hydroxylation is 1. The van der Waals surface area contributed by atoms with Gasteiger partial charge in [-0.2, -0.15) is 0 Å². The van der Waals surface area contributed by atoms with E-state index in [0.717, 1.165) is 21.2 Å². The van der Waals surface area contributed by atoms with E-state index < -0.39 is 0 Å². The summed E-state index contributed by atoms with van der Waals surface area (Å²) in [4.78, 5) is 4.62. The molecule has 3 aromatic rings. The maximum atomic E-state index is 6.24. The van der Waals surface area contributed by atoms with Crippen molar-refractivity contribution < 1.29 is 0 Å². The van der Waals surface area contributed by atoms with Crippen molar-refractivity contribution in [1.82, 2.24) is 9.38 Å². The first kappa shape index (κ1) is 12.5. The molecule has 3 rings (SSSR count). The van der Waals surface area contributed by atoms with Crippen molar-refractivity contribution in [2.24, 2.45) is 0 Å². The molecule has 0 amide bonds. The Morgan fingerprint density at radius 2 is 2.11 bits per heavy atom. The first-order chi connectivity index (χ1) is 9.08. The zero-order chi connectivity index (χ0) is 13.6. The van der Waals surface area contributed by atoms with E-state index in [0.29, 0.717) is 16.5 Å². The fourth-order valence-corrected chi connectivity index (χ4v) is 2.67. The van der Waals surface area contributed by atoms with Gasteiger partial charge in [0, 0.05) is 16.2 Å². The zero-order valence-electron chi connectivity index (χ0n) is 10.2. The van der Waals surface area contributed by atoms with Gasteiger partial charge in [-0.25, -0.2) is 4.98 Å². The first-order valence-corrected chi connectivity index (χ1v) is 6.93. The lowest BCUT2D eigenvalue weighted by Crippen LogP contribution is -1.94. The van der Waals surface area contributed by atoms with Crippen molar-refractivity contribution in [1.29, 1.82) is 0 Å². The molecule has 0 aliphatic carbocycles. The lowest BCUT2D eigenvalue weighted by molar-refractivity contribution is 1.17. The number of aromatic nitrogens is 2. The molecule has 0 spiro atoms. The molecular weight excluding hydrogens is 326 g/mol. The van der Waals surface area contributed by atoms with Gasteiger partial charge in [0.25, 0.3) is 0 Å². The molecule has 5 heteroatoms. The minimum absolute atomic E-state index is 0.596. The fourth-order valence-electron chi connectivity index (χ4n) is 2.10. The van der Waals surface area contributed by atoms with Crippen LogP contribution in [0, 0.1) is 6.92 Å². The largest absolute Gasteiger partial charge is 0.383 e. The number of rotatable bonds is 1. The van der Waals surface area contributed by atoms with E-state index in [1.807, 2.05) is 47.9 Å². The van der Waals surface area contributed by atoms with Crippen molar-refractivity contribution in [2.75, 3.05) is 5.73 Å². The van der Waals surface area contributed by atoms with Gasteiger partial charge in [0.05, 0.1) is 5.02 Å². The number of benzene rings is 1. The van der Waals surface area contributed by atoms with Crippen LogP contribution in [0.3, 0.4) is 0 Å². The lowest BCUT2D eigenvalue weighted by Gasteiger charge is -2.03. The van der Waals surface area contributed by atoms with Crippen LogP contribution < -0.4 is 5.73 Å². The number of nitrogens with two attached hydrogens (primary N) is 1. The smallest absolute Gasteiger partial charge is 0.142 e. The Hall–Kier alpha value is -1.52. The highest BCUT2D eigenvalue weighted by Gasteiger charge is 2.15. The Labute approximate surface area is 124 Å². The highest BCUT2D eigenvalue weighted by atomic mass is 79.9. The van der Waals surface area contributed by atoms with E-state index in [4.69, 9.17) is 17.3 Å². The number of halogens is 2. The van der Waals surface area contributed by atoms with Gasteiger partial charge < -0.3 is 5.73 Å². The van der Waals surface area contributed by atoms with E-state index in [1.165, 1.54) is 0 Å². The van der Waals surface area contributed by atoms with Gasteiger partial charge in [0.15, 0.2) is 0 Å². The summed E-state index contributed by atoms with van der Waals surface area (Å²) in [6.07, 6.45) is 1.90. The second kappa shape index (κ2) is 4.54. The molecule has 0 radical (unpaired) electrons. The molecule has 0 saturated heterocycles. The summed E-state index contributed by atoms with van der Waals surface area (Å²) in [5.41, 5.74) is 9.65. The molecule has 96 valence electrons. The third kappa shape index (κ3) is 2.01. The van der Waals surface area contributed by atoms with Gasteiger partial charge >= 0.3 is 0 Å². The number of fused-ring (bicyclic) bond motifs is 1. The van der Waals surface area contributed by atoms with Crippen LogP contribution in [0.2, 0.25) is 5.02 Å². The van der Waals surface area contributed by atoms with Crippen LogP contribution in [0.4, 0.5) is 5.82 Å². The predicted octanol–water partition coefficient (Wildman–Crippen LogP) is 4.31. The van der Waals surface area contributed by atoms with Gasteiger partial charge in [0.2, 0.25) is 0 Å². The van der Waals surface area contributed by atoms with E-state index in [2.05, 4.69) is 20.9 Å². The average Bonchev–Trinajstić information content (AvgIpc) is 2.72. The van der Waals surface area contributed by atoms with E-state index in [9.17, 15) is 0 Å². The Bertz CT molecular complexity index is 780. The summed E-state index contributed by atoms with van der Waals surface area (Å²) in [5.74, 6) is 0.596. The molecule has 0 unspecified atom stereocenters. The second-order valence-corrected chi connectivity index (χ2v) is 5.68. The average molecular weight is 337 g/mol. The van der Waals surface area contributed by atoms with E-state index in [-0.39, 0.29) is 0 Å². The Morgan fingerprint density at radius 1 is 1.32 bits per heavy atom. The molecular formula is C14H11BrClN3. The molecule has 3 nitrogen and oxygen atoms in total. The van der Waals surface area contributed by atoms with Gasteiger partial charge in [-0.15, -0.1) is 0 Å². The molecule has 1 aromatic carbocycles. The topological polar surface area (TPSA) is 43.3 Å². The Kier molecular flexibility index (Phi) is 2.99. The predicted molar refractivity (Wildman–Crippen MR) is 82.5 cm³/mol. The maximum absolute atomic E-state index is 6.24. The van der Waals surface area contributed by atoms with Crippen molar-refractivity contribution in [3.63, 3.8) is 0 Å². The number of hydrogen-bond acceptors (Lipinski definition) is 2. The van der Waals surface area contributed by atoms with Crippen LogP contribution in [0.25, 0.3) is 16.9 Å². The Balaban J connectivity index is 2.34. The van der Waals surface area contributed by atoms with E-state index in [1.54, 1.807) is 0 Å². The van der Waals surface area contributed by atoms with Gasteiger partial charge in [0.1, 0.15) is 17.2 Å². The van der Waals surface area contributed by atoms with Crippen LogP contribution >= 0.6 is 27.5 Å². The summed E-state index contributed by atoms with van der Waals surface area (Å²) < 4.78 is 2.82. The van der Waals surface area contributed by atoms with Crippen molar-refractivity contribution in [3.8, 4) is 11.3 Å². The number of imidazole rings is 1. The molecule has 2 aromatic heterocycles. The van der Waals surface area contributed by atoms with Crippen LogP contribution in [0.5, 0.6) is 0 Å². The number of nitrogens with zero attached hydrogens (tertiary/aromatic N) is 2. The maximum Gasteiger partial charge on any atom is 0.142 e. The van der Waals surface area contributed by atoms with E-state index >= 15 is 0 Å². The lowest BCUT2D eigenvalue weighted by atomic mass is 10.1. The summed E-state index contributed by atoms with van der Waals surface area (Å²) in [7, 11) is 0. The molecule has 0 bridgehead atoms. The monoisotopic (exact) mass is 335 g/mol. The van der Waals surface area contributed by atoms with Gasteiger partial charge in [-0.3, -0.25) is 4.40 Å². The third-order valence-corrected chi connectivity index (χ3v) is 3.89. The second-order valence-electron chi connectivity index (χ2n) is 4.35. The van der Waals surface area contributed by atoms with Crippen LogP contribution in [-0.2, 0) is 0 Å². The normalized spacial score (nSPS) is 11.1. The van der Waals surface area contributed by atoms with Crippen LogP contribution in [0.15, 0.2) is 41.0 Å². The van der Waals surface area contributed by atoms with Crippen molar-refractivity contribution in [2.45, 2.75) is 6.92 Å². The molecule has 0 saturated carbocycles. The molecule has 0 atom stereocenters. The van der Waals surface area contributed by atoms with Crippen molar-refractivity contribution in [3.05, 3.63) is 51.6 Å². The number of nitrogen functional groups attached to an aromatic ring is 1. The minimum Gasteiger partial charge on any atom is -0.383 e. The molecule has 2 heterocycles. The first-order valence-electron chi connectivity index (χ1n) is 5.76. The Morgan fingerprint density at radius 3 is 2.84 bits per heavy atom.